The van der Waals surface area contributed by atoms with E-state index in [-0.39, 0.29) is 17.1 Å². The molecule has 1 aromatic carbocycles. The van der Waals surface area contributed by atoms with E-state index in [9.17, 15) is 19.8 Å². The highest BCUT2D eigenvalue weighted by Crippen LogP contribution is 2.43. The van der Waals surface area contributed by atoms with Crippen LogP contribution in [-0.4, -0.2) is 29.8 Å². The summed E-state index contributed by atoms with van der Waals surface area (Å²) >= 11 is 0. The van der Waals surface area contributed by atoms with Gasteiger partial charge in [-0.05, 0) is 33.4 Å². The van der Waals surface area contributed by atoms with Gasteiger partial charge in [0, 0.05) is 12.1 Å². The fourth-order valence-corrected chi connectivity index (χ4v) is 1.60. The van der Waals surface area contributed by atoms with Crippen LogP contribution < -0.4 is 10.1 Å². The second-order valence-corrected chi connectivity index (χ2v) is 6.97. The molecule has 1 aromatic rings. The number of nitrogens with one attached hydrogen (secondary N) is 1. The van der Waals surface area contributed by atoms with E-state index in [2.05, 4.69) is 9.90 Å². The minimum absolute atomic E-state index is 0.130. The first kappa shape index (κ1) is 14.9. The first-order valence-corrected chi connectivity index (χ1v) is 7.44. The predicted octanol–water partition coefficient (Wildman–Crippen LogP) is 2.88. The van der Waals surface area contributed by atoms with Gasteiger partial charge in [0.1, 0.15) is 5.75 Å². The van der Waals surface area contributed by atoms with Gasteiger partial charge >= 0.3 is 0 Å². The van der Waals surface area contributed by atoms with Crippen LogP contribution >= 0.6 is 10.2 Å². The summed E-state index contributed by atoms with van der Waals surface area (Å²) in [6.45, 7) is 0. The molecule has 0 aliphatic rings. The summed E-state index contributed by atoms with van der Waals surface area (Å²) in [5, 5.41) is 12.5. The van der Waals surface area contributed by atoms with E-state index in [1.54, 1.807) is 0 Å². The molecule has 0 heterocycles. The van der Waals surface area contributed by atoms with Gasteiger partial charge in [-0.2, -0.15) is 0 Å². The Morgan fingerprint density at radius 3 is 2.58 bits per heavy atom. The highest BCUT2D eigenvalue weighted by molar-refractivity contribution is 8.43. The van der Waals surface area contributed by atoms with Crippen molar-refractivity contribution < 1.29 is 14.5 Å². The minimum atomic E-state index is -2.36. The SMILES string of the molecule is COc1ccc([N+](=O)[O-])cc1NC(=O)S(C)(C)N=O. The Hall–Kier alpha value is -2.16. The molecule has 0 aliphatic carbocycles. The minimum Gasteiger partial charge on any atom is -0.495 e. The Morgan fingerprint density at radius 1 is 1.47 bits per heavy atom. The summed E-state index contributed by atoms with van der Waals surface area (Å²) in [5.74, 6) is 0.264. The van der Waals surface area contributed by atoms with Crippen molar-refractivity contribution >= 4 is 26.8 Å². The predicted molar refractivity (Wildman–Crippen MR) is 73.9 cm³/mol. The summed E-state index contributed by atoms with van der Waals surface area (Å²) in [5.41, 5.74) is -0.0612. The molecule has 104 valence electrons. The lowest BCUT2D eigenvalue weighted by atomic mass is 10.2. The largest absolute Gasteiger partial charge is 0.495 e. The number of nitrogens with zero attached hydrogens (tertiary/aromatic N) is 2. The van der Waals surface area contributed by atoms with Crippen LogP contribution in [0.5, 0.6) is 5.75 Å². The smallest absolute Gasteiger partial charge is 0.287 e. The van der Waals surface area contributed by atoms with Crippen molar-refractivity contribution in [3.8, 4) is 5.75 Å². The van der Waals surface area contributed by atoms with Gasteiger partial charge in [-0.15, -0.1) is 4.91 Å². The number of carbonyl (C=O) groups excluding carboxylic acids is 1. The highest BCUT2D eigenvalue weighted by Gasteiger charge is 2.24. The summed E-state index contributed by atoms with van der Waals surface area (Å²) in [6.07, 6.45) is 2.83. The average Bonchev–Trinajstić information content (AvgIpc) is 2.38. The topological polar surface area (TPSA) is 111 Å². The molecule has 0 saturated heterocycles. The van der Waals surface area contributed by atoms with E-state index >= 15 is 0 Å². The maximum absolute atomic E-state index is 11.8. The molecule has 0 aliphatic heterocycles. The van der Waals surface area contributed by atoms with E-state index in [0.29, 0.717) is 0 Å². The number of methoxy groups -OCH3 is 1. The number of hydrogen-bond donors (Lipinski definition) is 1. The number of hydrogen-bond acceptors (Lipinski definition) is 6. The second-order valence-electron chi connectivity index (χ2n) is 3.90. The zero-order valence-electron chi connectivity index (χ0n) is 10.6. The number of benzene rings is 1. The van der Waals surface area contributed by atoms with Crippen molar-refractivity contribution in [3.63, 3.8) is 0 Å². The number of carbonyl (C=O) groups is 1. The van der Waals surface area contributed by atoms with Gasteiger partial charge in [0.2, 0.25) is 0 Å². The molecule has 9 heteroatoms. The number of rotatable bonds is 4. The van der Waals surface area contributed by atoms with Crippen LogP contribution in [0.3, 0.4) is 0 Å². The zero-order valence-corrected chi connectivity index (χ0v) is 11.4. The molecule has 8 nitrogen and oxygen atoms in total. The molecular weight excluding hydrogens is 274 g/mol. The van der Waals surface area contributed by atoms with Gasteiger partial charge in [0.05, 0.1) is 17.7 Å². The molecule has 0 bridgehead atoms. The highest BCUT2D eigenvalue weighted by atomic mass is 32.3. The third-order valence-electron chi connectivity index (χ3n) is 2.27. The van der Waals surface area contributed by atoms with E-state index in [0.717, 1.165) is 6.07 Å². The van der Waals surface area contributed by atoms with Crippen molar-refractivity contribution in [1.82, 2.24) is 0 Å². The molecule has 0 fully saturated rings. The van der Waals surface area contributed by atoms with Crippen LogP contribution in [0.15, 0.2) is 22.8 Å². The van der Waals surface area contributed by atoms with E-state index < -0.39 is 20.4 Å². The van der Waals surface area contributed by atoms with Crippen molar-refractivity contribution in [2.75, 3.05) is 24.9 Å². The van der Waals surface area contributed by atoms with Crippen LogP contribution in [0.4, 0.5) is 16.2 Å². The van der Waals surface area contributed by atoms with Crippen molar-refractivity contribution in [2.24, 2.45) is 4.58 Å². The third-order valence-corrected chi connectivity index (χ3v) is 3.65. The number of nitroso groups, excluding NO2 is 1. The number of ether oxygens (including phenoxy) is 1. The first-order chi connectivity index (χ1) is 8.81. The molecule has 0 spiro atoms. The number of nitro groups is 1. The van der Waals surface area contributed by atoms with E-state index in [1.165, 1.54) is 31.8 Å². The van der Waals surface area contributed by atoms with E-state index in [1.807, 2.05) is 0 Å². The molecule has 0 radical (unpaired) electrons. The number of anilines is 1. The van der Waals surface area contributed by atoms with Gasteiger partial charge in [-0.3, -0.25) is 14.9 Å². The standard InChI is InChI=1S/C10H13N3O5S/c1-18-9-5-4-7(13(16)17)6-8(9)11-10(14)19(2,3)12-15/h4-6H,1-3H3,(H,11,14). The normalized spacial score (nSPS) is 11.5. The Morgan fingerprint density at radius 2 is 2.11 bits per heavy atom. The molecule has 0 unspecified atom stereocenters. The second kappa shape index (κ2) is 5.65. The Balaban J connectivity index is 3.11. The average molecular weight is 287 g/mol. The number of non-ortho nitro benzene ring substituents is 1. The van der Waals surface area contributed by atoms with E-state index in [4.69, 9.17) is 4.74 Å². The maximum Gasteiger partial charge on any atom is 0.287 e. The number of amides is 1. The van der Waals surface area contributed by atoms with Crippen LogP contribution in [0.2, 0.25) is 0 Å². The number of nitro benzene ring substituents is 1. The Labute approximate surface area is 110 Å². The molecule has 19 heavy (non-hydrogen) atoms. The molecule has 1 rings (SSSR count). The van der Waals surface area contributed by atoms with Crippen LogP contribution in [0.25, 0.3) is 0 Å². The summed E-state index contributed by atoms with van der Waals surface area (Å²) in [7, 11) is -0.993. The third kappa shape index (κ3) is 3.41. The molecule has 0 aromatic heterocycles. The van der Waals surface area contributed by atoms with Gasteiger partial charge in [-0.1, -0.05) is 0 Å². The molecule has 0 saturated carbocycles. The quantitative estimate of drug-likeness (QED) is 0.520. The lowest BCUT2D eigenvalue weighted by molar-refractivity contribution is -0.384. The summed E-state index contributed by atoms with van der Waals surface area (Å²) < 4.78 is 7.77. The lowest BCUT2D eigenvalue weighted by Gasteiger charge is -2.20. The molecule has 1 N–H and O–H groups in total. The maximum atomic E-state index is 11.8. The lowest BCUT2D eigenvalue weighted by Crippen LogP contribution is -2.16. The summed E-state index contributed by atoms with van der Waals surface area (Å²) in [6, 6.07) is 3.78. The molecule has 0 atom stereocenters. The monoisotopic (exact) mass is 287 g/mol. The first-order valence-electron chi connectivity index (χ1n) is 5.03. The molecule has 1 amide bonds. The van der Waals surface area contributed by atoms with Crippen molar-refractivity contribution in [2.45, 2.75) is 0 Å². The fraction of sp³-hybridized carbons (Fsp3) is 0.300. The van der Waals surface area contributed by atoms with Gasteiger partial charge in [-0.25, -0.2) is 0 Å². The van der Waals surface area contributed by atoms with Crippen molar-refractivity contribution in [3.05, 3.63) is 33.2 Å². The fourth-order valence-electron chi connectivity index (χ4n) is 1.18. The Bertz CT molecular complexity index is 532. The zero-order chi connectivity index (χ0) is 14.6. The Kier molecular flexibility index (Phi) is 4.43. The van der Waals surface area contributed by atoms with Crippen LogP contribution in [-0.2, 0) is 0 Å². The summed E-state index contributed by atoms with van der Waals surface area (Å²) in [4.78, 5) is 32.5. The van der Waals surface area contributed by atoms with Crippen LogP contribution in [0, 0.1) is 15.0 Å². The molecular formula is C10H13N3O5S. The van der Waals surface area contributed by atoms with Gasteiger partial charge in [0.25, 0.3) is 10.9 Å². The van der Waals surface area contributed by atoms with Crippen molar-refractivity contribution in [1.29, 1.82) is 0 Å². The van der Waals surface area contributed by atoms with Crippen LogP contribution in [0.1, 0.15) is 0 Å². The van der Waals surface area contributed by atoms with Gasteiger partial charge < -0.3 is 10.1 Å². The van der Waals surface area contributed by atoms with Gasteiger partial charge in [0.15, 0.2) is 0 Å².